The number of rotatable bonds is 3. The maximum absolute atomic E-state index is 9.69. The molecule has 2 atom stereocenters. The highest BCUT2D eigenvalue weighted by Gasteiger charge is 2.27. The van der Waals surface area contributed by atoms with Gasteiger partial charge in [-0.2, -0.15) is 0 Å². The lowest BCUT2D eigenvalue weighted by atomic mass is 10.3. The van der Waals surface area contributed by atoms with Gasteiger partial charge in [0.05, 0.1) is 6.10 Å². The fourth-order valence-corrected chi connectivity index (χ4v) is 3.82. The second-order valence-electron chi connectivity index (χ2n) is 3.90. The van der Waals surface area contributed by atoms with Crippen LogP contribution in [0.1, 0.15) is 19.3 Å². The predicted octanol–water partition coefficient (Wildman–Crippen LogP) is 1.61. The number of anilines is 1. The van der Waals surface area contributed by atoms with Gasteiger partial charge in [0, 0.05) is 19.3 Å². The highest BCUT2D eigenvalue weighted by atomic mass is 32.2. The molecule has 15 heavy (non-hydrogen) atoms. The van der Waals surface area contributed by atoms with E-state index in [1.807, 2.05) is 19.0 Å². The van der Waals surface area contributed by atoms with Gasteiger partial charge >= 0.3 is 0 Å². The van der Waals surface area contributed by atoms with E-state index in [2.05, 4.69) is 10.2 Å². The number of aromatic nitrogens is 2. The third-order valence-electron chi connectivity index (χ3n) is 2.45. The van der Waals surface area contributed by atoms with Gasteiger partial charge in [-0.1, -0.05) is 23.1 Å². The first-order valence-electron chi connectivity index (χ1n) is 5.02. The highest BCUT2D eigenvalue weighted by molar-refractivity contribution is 8.01. The fourth-order valence-electron chi connectivity index (χ4n) is 1.60. The predicted molar refractivity (Wildman–Crippen MR) is 63.7 cm³/mol. The molecule has 1 heterocycles. The van der Waals surface area contributed by atoms with Gasteiger partial charge in [-0.15, -0.1) is 10.2 Å². The minimum Gasteiger partial charge on any atom is -0.392 e. The van der Waals surface area contributed by atoms with Gasteiger partial charge < -0.3 is 10.0 Å². The first-order valence-corrected chi connectivity index (χ1v) is 6.72. The third-order valence-corrected chi connectivity index (χ3v) is 5.01. The summed E-state index contributed by atoms with van der Waals surface area (Å²) in [5, 5.41) is 19.1. The van der Waals surface area contributed by atoms with Crippen molar-refractivity contribution in [3.63, 3.8) is 0 Å². The van der Waals surface area contributed by atoms with E-state index in [-0.39, 0.29) is 6.10 Å². The second kappa shape index (κ2) is 4.67. The van der Waals surface area contributed by atoms with Crippen LogP contribution in [-0.2, 0) is 0 Å². The minimum atomic E-state index is -0.165. The summed E-state index contributed by atoms with van der Waals surface area (Å²) in [7, 11) is 3.92. The maximum atomic E-state index is 9.69. The maximum Gasteiger partial charge on any atom is 0.208 e. The first-order chi connectivity index (χ1) is 7.16. The Kier molecular flexibility index (Phi) is 3.48. The standard InChI is InChI=1S/C9H15N3OS2/c1-12(2)8-10-11-9(15-8)14-7-5-3-4-6(7)13/h6-7,13H,3-5H2,1-2H3/t6-,7-/m1/s1. The molecule has 1 aromatic rings. The summed E-state index contributed by atoms with van der Waals surface area (Å²) in [6.07, 6.45) is 2.97. The quantitative estimate of drug-likeness (QED) is 0.876. The van der Waals surface area contributed by atoms with Crippen molar-refractivity contribution in [2.24, 2.45) is 0 Å². The van der Waals surface area contributed by atoms with Crippen molar-refractivity contribution in [1.82, 2.24) is 10.2 Å². The molecule has 1 N–H and O–H groups in total. The Morgan fingerprint density at radius 1 is 1.40 bits per heavy atom. The average Bonchev–Trinajstić information content (AvgIpc) is 2.77. The smallest absolute Gasteiger partial charge is 0.208 e. The van der Waals surface area contributed by atoms with Gasteiger partial charge in [0.2, 0.25) is 5.13 Å². The molecular weight excluding hydrogens is 230 g/mol. The molecule has 0 radical (unpaired) electrons. The summed E-state index contributed by atoms with van der Waals surface area (Å²) in [4.78, 5) is 1.95. The van der Waals surface area contributed by atoms with Crippen LogP contribution < -0.4 is 4.90 Å². The van der Waals surface area contributed by atoms with Gasteiger partial charge in [0.1, 0.15) is 0 Å². The van der Waals surface area contributed by atoms with Crippen LogP contribution in [0.25, 0.3) is 0 Å². The number of hydrogen-bond donors (Lipinski definition) is 1. The van der Waals surface area contributed by atoms with Crippen molar-refractivity contribution in [3.05, 3.63) is 0 Å². The number of hydrogen-bond acceptors (Lipinski definition) is 6. The summed E-state index contributed by atoms with van der Waals surface area (Å²) in [6, 6.07) is 0. The van der Waals surface area contributed by atoms with E-state index >= 15 is 0 Å². The largest absolute Gasteiger partial charge is 0.392 e. The topological polar surface area (TPSA) is 49.2 Å². The first kappa shape index (κ1) is 11.2. The summed E-state index contributed by atoms with van der Waals surface area (Å²) in [5.74, 6) is 0. The molecular formula is C9H15N3OS2. The zero-order valence-corrected chi connectivity index (χ0v) is 10.5. The summed E-state index contributed by atoms with van der Waals surface area (Å²) in [6.45, 7) is 0. The number of thioether (sulfide) groups is 1. The molecule has 0 saturated heterocycles. The van der Waals surface area contributed by atoms with Crippen molar-refractivity contribution in [2.45, 2.75) is 35.0 Å². The SMILES string of the molecule is CN(C)c1nnc(S[C@@H]2CCC[C@H]2O)s1. The van der Waals surface area contributed by atoms with Gasteiger partial charge in [0.15, 0.2) is 4.34 Å². The molecule has 1 aliphatic rings. The highest BCUT2D eigenvalue weighted by Crippen LogP contribution is 2.37. The van der Waals surface area contributed by atoms with E-state index in [0.29, 0.717) is 5.25 Å². The van der Waals surface area contributed by atoms with Gasteiger partial charge in [0.25, 0.3) is 0 Å². The third kappa shape index (κ3) is 2.62. The monoisotopic (exact) mass is 245 g/mol. The normalized spacial score (nSPS) is 25.8. The molecule has 84 valence electrons. The van der Waals surface area contributed by atoms with Gasteiger partial charge in [-0.3, -0.25) is 0 Å². The Labute approximate surface area is 97.7 Å². The van der Waals surface area contributed by atoms with Crippen molar-refractivity contribution in [3.8, 4) is 0 Å². The Balaban J connectivity index is 1.98. The van der Waals surface area contributed by atoms with Gasteiger partial charge in [-0.05, 0) is 19.3 Å². The lowest BCUT2D eigenvalue weighted by Crippen LogP contribution is -2.14. The van der Waals surface area contributed by atoms with E-state index in [1.165, 1.54) is 0 Å². The molecule has 1 aromatic heterocycles. The van der Waals surface area contributed by atoms with Crippen LogP contribution in [0.15, 0.2) is 4.34 Å². The summed E-state index contributed by atoms with van der Waals surface area (Å²) < 4.78 is 0.963. The van der Waals surface area contributed by atoms with Crippen LogP contribution in [0.4, 0.5) is 5.13 Å². The molecule has 6 heteroatoms. The Bertz CT molecular complexity index is 329. The molecule has 0 spiro atoms. The summed E-state index contributed by atoms with van der Waals surface area (Å²) in [5.41, 5.74) is 0. The van der Waals surface area contributed by atoms with Crippen LogP contribution >= 0.6 is 23.1 Å². The molecule has 4 nitrogen and oxygen atoms in total. The van der Waals surface area contributed by atoms with E-state index in [9.17, 15) is 5.11 Å². The van der Waals surface area contributed by atoms with E-state index in [1.54, 1.807) is 23.1 Å². The van der Waals surface area contributed by atoms with Crippen LogP contribution in [0.3, 0.4) is 0 Å². The molecule has 0 amide bonds. The summed E-state index contributed by atoms with van der Waals surface area (Å²) >= 11 is 3.25. The zero-order chi connectivity index (χ0) is 10.8. The van der Waals surface area contributed by atoms with Crippen LogP contribution in [0, 0.1) is 0 Å². The minimum absolute atomic E-state index is 0.165. The van der Waals surface area contributed by atoms with Crippen LogP contribution in [0.2, 0.25) is 0 Å². The lowest BCUT2D eigenvalue weighted by molar-refractivity contribution is 0.188. The Hall–Kier alpha value is -0.330. The van der Waals surface area contributed by atoms with Crippen LogP contribution in [0.5, 0.6) is 0 Å². The van der Waals surface area contributed by atoms with Crippen LogP contribution in [-0.4, -0.2) is 40.8 Å². The number of aliphatic hydroxyl groups is 1. The zero-order valence-electron chi connectivity index (χ0n) is 8.88. The number of aliphatic hydroxyl groups excluding tert-OH is 1. The number of nitrogens with zero attached hydrogens (tertiary/aromatic N) is 3. The van der Waals surface area contributed by atoms with Gasteiger partial charge in [-0.25, -0.2) is 0 Å². The van der Waals surface area contributed by atoms with E-state index in [4.69, 9.17) is 0 Å². The fraction of sp³-hybridized carbons (Fsp3) is 0.778. The Morgan fingerprint density at radius 2 is 2.20 bits per heavy atom. The van der Waals surface area contributed by atoms with E-state index < -0.39 is 0 Å². The van der Waals surface area contributed by atoms with Crippen molar-refractivity contribution < 1.29 is 5.11 Å². The Morgan fingerprint density at radius 3 is 2.73 bits per heavy atom. The molecule has 1 fully saturated rings. The molecule has 0 bridgehead atoms. The second-order valence-corrected chi connectivity index (χ2v) is 6.34. The molecule has 0 aliphatic heterocycles. The molecule has 0 unspecified atom stereocenters. The van der Waals surface area contributed by atoms with E-state index in [0.717, 1.165) is 28.7 Å². The molecule has 0 aromatic carbocycles. The molecule has 1 aliphatic carbocycles. The van der Waals surface area contributed by atoms with Crippen molar-refractivity contribution >= 4 is 28.2 Å². The molecule has 2 rings (SSSR count). The molecule has 1 saturated carbocycles. The lowest BCUT2D eigenvalue weighted by Gasteiger charge is -2.10. The van der Waals surface area contributed by atoms with Crippen molar-refractivity contribution in [1.29, 1.82) is 0 Å². The average molecular weight is 245 g/mol. The van der Waals surface area contributed by atoms with Crippen molar-refractivity contribution in [2.75, 3.05) is 19.0 Å².